The largest absolute Gasteiger partial charge is 0.390 e. The summed E-state index contributed by atoms with van der Waals surface area (Å²) in [6.45, 7) is 2.84. The van der Waals surface area contributed by atoms with E-state index < -0.39 is 0 Å². The van der Waals surface area contributed by atoms with Gasteiger partial charge in [0.25, 0.3) is 5.91 Å². The molecule has 0 fully saturated rings. The van der Waals surface area contributed by atoms with E-state index in [1.165, 1.54) is 22.5 Å². The first-order chi connectivity index (χ1) is 16.5. The molecular formula is C26H28ClN3O3S. The van der Waals surface area contributed by atoms with Crippen molar-refractivity contribution in [2.45, 2.75) is 19.1 Å². The number of carbonyl (C=O) groups is 1. The highest BCUT2D eigenvalue weighted by Gasteiger charge is 2.23. The first-order valence-electron chi connectivity index (χ1n) is 11.2. The molecule has 1 aliphatic heterocycles. The van der Waals surface area contributed by atoms with Gasteiger partial charge in [0.15, 0.2) is 0 Å². The van der Waals surface area contributed by atoms with E-state index in [1.54, 1.807) is 19.2 Å². The molecule has 34 heavy (non-hydrogen) atoms. The van der Waals surface area contributed by atoms with E-state index in [-0.39, 0.29) is 12.0 Å². The number of rotatable bonds is 10. The zero-order chi connectivity index (χ0) is 23.9. The highest BCUT2D eigenvalue weighted by atomic mass is 35.5. The molecule has 178 valence electrons. The average molecular weight is 498 g/mol. The Morgan fingerprint density at radius 3 is 2.68 bits per heavy atom. The second-order valence-corrected chi connectivity index (χ2v) is 9.96. The summed E-state index contributed by atoms with van der Waals surface area (Å²) in [5.74, 6) is -0.148. The van der Waals surface area contributed by atoms with Gasteiger partial charge < -0.3 is 14.9 Å². The summed E-state index contributed by atoms with van der Waals surface area (Å²) in [4.78, 5) is 20.6. The molecule has 0 saturated heterocycles. The first kappa shape index (κ1) is 24.4. The summed E-state index contributed by atoms with van der Waals surface area (Å²) in [7, 11) is 3.83. The minimum atomic E-state index is -0.183. The van der Waals surface area contributed by atoms with Gasteiger partial charge in [-0.2, -0.15) is 0 Å². The number of nitrogens with zero attached hydrogens (tertiary/aromatic N) is 2. The van der Waals surface area contributed by atoms with E-state index >= 15 is 0 Å². The van der Waals surface area contributed by atoms with Crippen molar-refractivity contribution in [3.8, 4) is 11.1 Å². The van der Waals surface area contributed by atoms with Crippen molar-refractivity contribution in [3.05, 3.63) is 81.0 Å². The summed E-state index contributed by atoms with van der Waals surface area (Å²) in [5, 5.41) is 7.15. The van der Waals surface area contributed by atoms with Crippen LogP contribution < -0.4 is 5.32 Å². The molecule has 0 saturated carbocycles. The number of methoxy groups -OCH3 is 1. The number of halogens is 1. The van der Waals surface area contributed by atoms with E-state index in [9.17, 15) is 4.79 Å². The summed E-state index contributed by atoms with van der Waals surface area (Å²) >= 11 is 7.16. The van der Waals surface area contributed by atoms with E-state index in [1.807, 2.05) is 0 Å². The predicted molar refractivity (Wildman–Crippen MR) is 138 cm³/mol. The zero-order valence-corrected chi connectivity index (χ0v) is 20.9. The van der Waals surface area contributed by atoms with Gasteiger partial charge in [-0.05, 0) is 41.4 Å². The molecule has 1 N–H and O–H groups in total. The molecule has 2 heterocycles. The molecule has 1 atom stereocenters. The fourth-order valence-corrected chi connectivity index (χ4v) is 4.80. The van der Waals surface area contributed by atoms with Crippen molar-refractivity contribution in [2.24, 2.45) is 5.16 Å². The van der Waals surface area contributed by atoms with Crippen LogP contribution in [0.4, 0.5) is 0 Å². The van der Waals surface area contributed by atoms with Gasteiger partial charge in [0.2, 0.25) is 0 Å². The van der Waals surface area contributed by atoms with Gasteiger partial charge in [0, 0.05) is 26.6 Å². The lowest BCUT2D eigenvalue weighted by Crippen LogP contribution is -2.31. The topological polar surface area (TPSA) is 63.2 Å². The van der Waals surface area contributed by atoms with Gasteiger partial charge in [-0.15, -0.1) is 11.3 Å². The van der Waals surface area contributed by atoms with E-state index in [0.717, 1.165) is 29.9 Å². The van der Waals surface area contributed by atoms with Crippen LogP contribution in [0.3, 0.4) is 0 Å². The Kier molecular flexibility index (Phi) is 8.34. The molecule has 4 rings (SSSR count). The Bertz CT molecular complexity index is 1150. The van der Waals surface area contributed by atoms with Crippen LogP contribution in [0.15, 0.2) is 65.8 Å². The molecule has 2 aromatic carbocycles. The molecule has 0 bridgehead atoms. The number of carbonyl (C=O) groups excluding carboxylic acids is 1. The minimum Gasteiger partial charge on any atom is -0.390 e. The van der Waals surface area contributed by atoms with Crippen molar-refractivity contribution in [1.29, 1.82) is 0 Å². The maximum atomic E-state index is 12.2. The third kappa shape index (κ3) is 6.24. The molecule has 1 unspecified atom stereocenters. The summed E-state index contributed by atoms with van der Waals surface area (Å²) < 4.78 is 5.79. The maximum Gasteiger partial charge on any atom is 0.261 e. The number of hydrogen-bond donors (Lipinski definition) is 1. The van der Waals surface area contributed by atoms with Crippen LogP contribution in [-0.4, -0.2) is 56.5 Å². The number of ether oxygens (including phenoxy) is 1. The van der Waals surface area contributed by atoms with Crippen LogP contribution in [0.25, 0.3) is 11.1 Å². The van der Waals surface area contributed by atoms with Crippen molar-refractivity contribution < 1.29 is 14.4 Å². The van der Waals surface area contributed by atoms with E-state index in [4.69, 9.17) is 21.2 Å². The number of hydrogen-bond acceptors (Lipinski definition) is 6. The number of thiophene rings is 1. The normalized spacial score (nSPS) is 15.3. The number of nitrogens with one attached hydrogen (secondary N) is 1. The summed E-state index contributed by atoms with van der Waals surface area (Å²) in [6.07, 6.45) is 0.462. The maximum absolute atomic E-state index is 12.2. The fourth-order valence-electron chi connectivity index (χ4n) is 3.84. The third-order valence-electron chi connectivity index (χ3n) is 5.68. The molecule has 6 nitrogen and oxygen atoms in total. The molecule has 1 amide bonds. The van der Waals surface area contributed by atoms with Crippen molar-refractivity contribution in [1.82, 2.24) is 10.2 Å². The lowest BCUT2D eigenvalue weighted by atomic mass is 9.96. The molecule has 3 aromatic rings. The van der Waals surface area contributed by atoms with Crippen LogP contribution in [0, 0.1) is 0 Å². The summed E-state index contributed by atoms with van der Waals surface area (Å²) in [6, 6.07) is 20.3. The van der Waals surface area contributed by atoms with Gasteiger partial charge in [-0.25, -0.2) is 0 Å². The van der Waals surface area contributed by atoms with Crippen LogP contribution in [0.5, 0.6) is 0 Å². The quantitative estimate of drug-likeness (QED) is 0.425. The monoisotopic (exact) mass is 497 g/mol. The lowest BCUT2D eigenvalue weighted by Gasteiger charge is -2.18. The molecule has 0 spiro atoms. The Morgan fingerprint density at radius 2 is 1.94 bits per heavy atom. The second-order valence-electron chi connectivity index (χ2n) is 8.25. The van der Waals surface area contributed by atoms with Crippen LogP contribution in [0.1, 0.15) is 27.2 Å². The molecular weight excluding hydrogens is 470 g/mol. The number of likely N-dealkylation sites (N-methyl/N-ethyl adjacent to an activating group) is 1. The Morgan fingerprint density at radius 1 is 1.18 bits per heavy atom. The van der Waals surface area contributed by atoms with E-state index in [0.29, 0.717) is 28.8 Å². The van der Waals surface area contributed by atoms with Crippen molar-refractivity contribution in [3.63, 3.8) is 0 Å². The van der Waals surface area contributed by atoms with Crippen molar-refractivity contribution in [2.75, 3.05) is 33.9 Å². The van der Waals surface area contributed by atoms with Crippen molar-refractivity contribution >= 4 is 34.6 Å². The second kappa shape index (κ2) is 11.6. The van der Waals surface area contributed by atoms with Gasteiger partial charge in [0.05, 0.1) is 28.1 Å². The highest BCUT2D eigenvalue weighted by Crippen LogP contribution is 2.26. The Hall–Kier alpha value is -2.71. The Labute approximate surface area is 209 Å². The molecule has 8 heteroatoms. The predicted octanol–water partition coefficient (Wildman–Crippen LogP) is 5.07. The molecule has 0 radical (unpaired) electrons. The Balaban J connectivity index is 1.35. The number of oxime groups is 1. The van der Waals surface area contributed by atoms with Crippen LogP contribution >= 0.6 is 22.9 Å². The fraction of sp³-hybridized carbons (Fsp3) is 0.308. The molecule has 0 aliphatic carbocycles. The smallest absolute Gasteiger partial charge is 0.261 e. The van der Waals surface area contributed by atoms with Gasteiger partial charge in [0.1, 0.15) is 6.10 Å². The minimum absolute atomic E-state index is 0.148. The van der Waals surface area contributed by atoms with E-state index in [2.05, 4.69) is 71.0 Å². The first-order valence-corrected chi connectivity index (χ1v) is 12.4. The van der Waals surface area contributed by atoms with Crippen LogP contribution in [-0.2, 0) is 16.1 Å². The SMILES string of the molecule is COCCN(C)Cc1ccccc1-c1ccc(C2=NOC(CNC(=O)c3ccc(Cl)s3)C2)cc1. The zero-order valence-electron chi connectivity index (χ0n) is 19.3. The van der Waals surface area contributed by atoms with Gasteiger partial charge in [-0.3, -0.25) is 9.69 Å². The number of benzene rings is 2. The molecule has 1 aliphatic rings. The average Bonchev–Trinajstić information content (AvgIpc) is 3.51. The molecule has 1 aromatic heterocycles. The standard InChI is InChI=1S/C26H28ClN3O3S/c1-30(13-14-32-2)17-20-5-3-4-6-22(20)18-7-9-19(10-8-18)23-15-21(33-29-23)16-28-26(31)24-11-12-25(27)34-24/h3-12,21H,13-17H2,1-2H3,(H,28,31). The van der Waals surface area contributed by atoms with Crippen LogP contribution in [0.2, 0.25) is 4.34 Å². The van der Waals surface area contributed by atoms with Gasteiger partial charge >= 0.3 is 0 Å². The van der Waals surface area contributed by atoms with Gasteiger partial charge in [-0.1, -0.05) is 65.3 Å². The summed E-state index contributed by atoms with van der Waals surface area (Å²) in [5.41, 5.74) is 5.57. The highest BCUT2D eigenvalue weighted by molar-refractivity contribution is 7.18. The lowest BCUT2D eigenvalue weighted by molar-refractivity contribution is 0.0755. The third-order valence-corrected chi connectivity index (χ3v) is 6.91. The number of amides is 1.